The molecule has 1 fully saturated rings. The summed E-state index contributed by atoms with van der Waals surface area (Å²) in [6.45, 7) is 1.74. The van der Waals surface area contributed by atoms with E-state index in [1.807, 2.05) is 0 Å². The van der Waals surface area contributed by atoms with Crippen molar-refractivity contribution in [1.82, 2.24) is 0 Å². The molecule has 1 aliphatic rings. The van der Waals surface area contributed by atoms with Crippen LogP contribution in [0.1, 0.15) is 12.0 Å². The average molecular weight is 489 g/mol. The Morgan fingerprint density at radius 3 is 2.46 bits per heavy atom. The van der Waals surface area contributed by atoms with Crippen LogP contribution >= 0.6 is 15.9 Å². The van der Waals surface area contributed by atoms with Crippen LogP contribution in [0.25, 0.3) is 0 Å². The summed E-state index contributed by atoms with van der Waals surface area (Å²) >= 11 is 3.32. The number of sulfonamides is 2. The Labute approximate surface area is 171 Å². The van der Waals surface area contributed by atoms with Gasteiger partial charge in [0.15, 0.2) is 0 Å². The molecule has 2 aromatic carbocycles. The van der Waals surface area contributed by atoms with E-state index in [1.54, 1.807) is 25.1 Å². The minimum absolute atomic E-state index is 0.0232. The van der Waals surface area contributed by atoms with Crippen LogP contribution in [0.3, 0.4) is 0 Å². The lowest BCUT2D eigenvalue weighted by atomic mass is 10.2. The molecule has 2 aromatic rings. The standard InChI is InChI=1S/C17H17BrN2O6S2/c1-11-9-12(18)3-5-14(11)19-28(24,25)16-10-13(4-6-15(16)26-2)20-17(21)7-8-27(20,22)23/h3-6,9-10,19H,7-8H2,1-2H3. The van der Waals surface area contributed by atoms with Gasteiger partial charge in [0.1, 0.15) is 10.6 Å². The Balaban J connectivity index is 2.08. The van der Waals surface area contributed by atoms with Crippen LogP contribution in [0.4, 0.5) is 11.4 Å². The van der Waals surface area contributed by atoms with Gasteiger partial charge in [-0.3, -0.25) is 9.52 Å². The lowest BCUT2D eigenvalue weighted by Crippen LogP contribution is -2.29. The maximum atomic E-state index is 13.0. The summed E-state index contributed by atoms with van der Waals surface area (Å²) in [5.74, 6) is -0.892. The van der Waals surface area contributed by atoms with E-state index in [-0.39, 0.29) is 28.5 Å². The van der Waals surface area contributed by atoms with Crippen molar-refractivity contribution in [2.75, 3.05) is 21.9 Å². The highest BCUT2D eigenvalue weighted by Gasteiger charge is 2.37. The predicted molar refractivity (Wildman–Crippen MR) is 109 cm³/mol. The van der Waals surface area contributed by atoms with Crippen molar-refractivity contribution in [1.29, 1.82) is 0 Å². The summed E-state index contributed by atoms with van der Waals surface area (Å²) in [6, 6.07) is 8.82. The second-order valence-corrected chi connectivity index (χ2v) is 10.6. The van der Waals surface area contributed by atoms with Crippen LogP contribution in [0.5, 0.6) is 5.75 Å². The predicted octanol–water partition coefficient (Wildman–Crippen LogP) is 2.63. The van der Waals surface area contributed by atoms with Crippen molar-refractivity contribution in [2.45, 2.75) is 18.2 Å². The van der Waals surface area contributed by atoms with Crippen LogP contribution in [-0.2, 0) is 24.8 Å². The third-order valence-electron chi connectivity index (χ3n) is 4.18. The van der Waals surface area contributed by atoms with Gasteiger partial charge in [0, 0.05) is 10.9 Å². The zero-order chi connectivity index (χ0) is 20.7. The second kappa shape index (κ2) is 7.37. The highest BCUT2D eigenvalue weighted by atomic mass is 79.9. The smallest absolute Gasteiger partial charge is 0.265 e. The molecule has 0 spiro atoms. The number of aryl methyl sites for hydroxylation is 1. The van der Waals surface area contributed by atoms with E-state index in [0.29, 0.717) is 15.6 Å². The summed E-state index contributed by atoms with van der Waals surface area (Å²) < 4.78 is 59.3. The molecular weight excluding hydrogens is 472 g/mol. The van der Waals surface area contributed by atoms with Crippen molar-refractivity contribution >= 4 is 53.3 Å². The van der Waals surface area contributed by atoms with Gasteiger partial charge in [-0.25, -0.2) is 21.1 Å². The molecule has 0 unspecified atom stereocenters. The molecule has 1 heterocycles. The van der Waals surface area contributed by atoms with Gasteiger partial charge in [0.25, 0.3) is 10.0 Å². The molecule has 0 atom stereocenters. The van der Waals surface area contributed by atoms with Gasteiger partial charge in [-0.2, -0.15) is 0 Å². The van der Waals surface area contributed by atoms with E-state index in [4.69, 9.17) is 4.74 Å². The highest BCUT2D eigenvalue weighted by Crippen LogP contribution is 2.34. The lowest BCUT2D eigenvalue weighted by Gasteiger charge is -2.18. The van der Waals surface area contributed by atoms with E-state index in [1.165, 1.54) is 19.2 Å². The molecule has 1 amide bonds. The van der Waals surface area contributed by atoms with Gasteiger partial charge in [0.05, 0.1) is 24.2 Å². The number of rotatable bonds is 5. The first-order valence-electron chi connectivity index (χ1n) is 8.08. The van der Waals surface area contributed by atoms with E-state index in [2.05, 4.69) is 20.7 Å². The molecule has 8 nitrogen and oxygen atoms in total. The first-order valence-corrected chi connectivity index (χ1v) is 12.0. The minimum Gasteiger partial charge on any atom is -0.495 e. The SMILES string of the molecule is COc1ccc(N2C(=O)CCS2(=O)=O)cc1S(=O)(=O)Nc1ccc(Br)cc1C. The van der Waals surface area contributed by atoms with Crippen LogP contribution in [-0.4, -0.2) is 35.6 Å². The third kappa shape index (κ3) is 3.87. The topological polar surface area (TPSA) is 110 Å². The van der Waals surface area contributed by atoms with Crippen LogP contribution < -0.4 is 13.8 Å². The number of benzene rings is 2. The zero-order valence-electron chi connectivity index (χ0n) is 15.0. The number of ether oxygens (including phenoxy) is 1. The third-order valence-corrected chi connectivity index (χ3v) is 7.75. The molecule has 0 aliphatic carbocycles. The Bertz CT molecular complexity index is 1160. The van der Waals surface area contributed by atoms with Gasteiger partial charge >= 0.3 is 0 Å². The number of anilines is 2. The molecule has 1 N–H and O–H groups in total. The largest absolute Gasteiger partial charge is 0.495 e. The molecule has 28 heavy (non-hydrogen) atoms. The molecule has 0 saturated carbocycles. The fraction of sp³-hybridized carbons (Fsp3) is 0.235. The molecule has 0 bridgehead atoms. The number of hydrogen-bond donors (Lipinski definition) is 1. The fourth-order valence-electron chi connectivity index (χ4n) is 2.81. The Hall–Kier alpha value is -2.11. The lowest BCUT2D eigenvalue weighted by molar-refractivity contribution is -0.116. The first kappa shape index (κ1) is 20.6. The van der Waals surface area contributed by atoms with Crippen LogP contribution in [0.2, 0.25) is 0 Å². The number of halogens is 1. The molecular formula is C17H17BrN2O6S2. The van der Waals surface area contributed by atoms with E-state index in [9.17, 15) is 21.6 Å². The maximum Gasteiger partial charge on any atom is 0.265 e. The minimum atomic E-state index is -4.12. The molecule has 0 radical (unpaired) electrons. The number of methoxy groups -OCH3 is 1. The van der Waals surface area contributed by atoms with E-state index >= 15 is 0 Å². The zero-order valence-corrected chi connectivity index (χ0v) is 18.2. The summed E-state index contributed by atoms with van der Waals surface area (Å²) in [4.78, 5) is 11.7. The molecule has 3 rings (SSSR count). The normalized spacial score (nSPS) is 16.2. The number of amides is 1. The van der Waals surface area contributed by atoms with Gasteiger partial charge in [-0.05, 0) is 48.9 Å². The maximum absolute atomic E-state index is 13.0. The molecule has 1 saturated heterocycles. The summed E-state index contributed by atoms with van der Waals surface area (Å²) in [5, 5.41) is 0. The summed E-state index contributed by atoms with van der Waals surface area (Å²) in [7, 11) is -6.64. The molecule has 150 valence electrons. The summed E-state index contributed by atoms with van der Waals surface area (Å²) in [6.07, 6.45) is -0.146. The fourth-order valence-corrected chi connectivity index (χ4v) is 6.06. The Morgan fingerprint density at radius 2 is 1.89 bits per heavy atom. The number of nitrogens with one attached hydrogen (secondary N) is 1. The van der Waals surface area contributed by atoms with Crippen molar-refractivity contribution < 1.29 is 26.4 Å². The van der Waals surface area contributed by atoms with Crippen molar-refractivity contribution in [3.05, 3.63) is 46.4 Å². The van der Waals surface area contributed by atoms with Gasteiger partial charge < -0.3 is 4.74 Å². The van der Waals surface area contributed by atoms with Crippen molar-refractivity contribution in [3.63, 3.8) is 0 Å². The quantitative estimate of drug-likeness (QED) is 0.692. The van der Waals surface area contributed by atoms with Crippen molar-refractivity contribution in [2.24, 2.45) is 0 Å². The number of hydrogen-bond acceptors (Lipinski definition) is 6. The first-order chi connectivity index (χ1) is 13.0. The van der Waals surface area contributed by atoms with Gasteiger partial charge in [0.2, 0.25) is 15.9 Å². The molecule has 11 heteroatoms. The van der Waals surface area contributed by atoms with Crippen LogP contribution in [0, 0.1) is 6.92 Å². The monoisotopic (exact) mass is 488 g/mol. The van der Waals surface area contributed by atoms with E-state index in [0.717, 1.165) is 10.5 Å². The van der Waals surface area contributed by atoms with Crippen LogP contribution in [0.15, 0.2) is 45.8 Å². The number of carbonyl (C=O) groups excluding carboxylic acids is 1. The number of nitrogens with zero attached hydrogens (tertiary/aromatic N) is 1. The van der Waals surface area contributed by atoms with Crippen molar-refractivity contribution in [3.8, 4) is 5.75 Å². The van der Waals surface area contributed by atoms with E-state index < -0.39 is 26.0 Å². The van der Waals surface area contributed by atoms with Gasteiger partial charge in [-0.1, -0.05) is 15.9 Å². The Morgan fingerprint density at radius 1 is 1.18 bits per heavy atom. The average Bonchev–Trinajstić information content (AvgIpc) is 2.89. The molecule has 0 aromatic heterocycles. The summed E-state index contributed by atoms with van der Waals surface area (Å²) in [5.41, 5.74) is 1.00. The van der Waals surface area contributed by atoms with Gasteiger partial charge in [-0.15, -0.1) is 0 Å². The number of carbonyl (C=O) groups is 1. The Kier molecular flexibility index (Phi) is 5.43. The molecule has 1 aliphatic heterocycles. The highest BCUT2D eigenvalue weighted by molar-refractivity contribution is 9.10. The second-order valence-electron chi connectivity index (χ2n) is 6.12.